The van der Waals surface area contributed by atoms with Gasteiger partial charge in [0.15, 0.2) is 0 Å². The molecular weight excluding hydrogens is 266 g/mol. The molecule has 0 rings (SSSR count). The molecule has 0 heterocycles. The van der Waals surface area contributed by atoms with Crippen molar-refractivity contribution in [1.82, 2.24) is 0 Å². The van der Waals surface area contributed by atoms with Crippen LogP contribution in [0.5, 0.6) is 0 Å². The summed E-state index contributed by atoms with van der Waals surface area (Å²) in [4.78, 5) is 21.1. The van der Waals surface area contributed by atoms with E-state index in [0.717, 1.165) is 12.2 Å². The van der Waals surface area contributed by atoms with Crippen LogP contribution in [0.25, 0.3) is 0 Å². The average Bonchev–Trinajstić information content (AvgIpc) is 2.46. The van der Waals surface area contributed by atoms with Crippen molar-refractivity contribution >= 4 is 17.7 Å². The number of hydrogen-bond donors (Lipinski definition) is 1. The molecule has 0 fully saturated rings. The van der Waals surface area contributed by atoms with E-state index in [1.165, 1.54) is 0 Å². The van der Waals surface area contributed by atoms with E-state index in [4.69, 9.17) is 9.94 Å². The normalized spacial score (nSPS) is 8.50. The summed E-state index contributed by atoms with van der Waals surface area (Å²) >= 11 is 0. The predicted octanol–water partition coefficient (Wildman–Crippen LogP) is 1.32. The van der Waals surface area contributed by atoms with Crippen molar-refractivity contribution in [2.24, 2.45) is 5.16 Å². The molecule has 0 aliphatic carbocycles. The van der Waals surface area contributed by atoms with Gasteiger partial charge in [-0.25, -0.2) is 9.59 Å². The highest BCUT2D eigenvalue weighted by molar-refractivity contribution is 5.81. The molecule has 0 amide bonds. The smallest absolute Gasteiger partial charge is 0.330 e. The van der Waals surface area contributed by atoms with Crippen LogP contribution in [-0.4, -0.2) is 49.3 Å². The van der Waals surface area contributed by atoms with Crippen LogP contribution in [0.4, 0.5) is 0 Å². The second-order valence-electron chi connectivity index (χ2n) is 3.40. The fraction of sp³-hybridized carbons (Fsp3) is 0.462. The first kappa shape index (κ1) is 20.2. The van der Waals surface area contributed by atoms with Crippen molar-refractivity contribution in [3.05, 3.63) is 25.3 Å². The summed E-state index contributed by atoms with van der Waals surface area (Å²) in [6.45, 7) is 10.7. The van der Waals surface area contributed by atoms with Gasteiger partial charge < -0.3 is 19.4 Å². The molecule has 0 aromatic carbocycles. The lowest BCUT2D eigenvalue weighted by Gasteiger charge is -2.04. The molecule has 0 bridgehead atoms. The molecule has 0 aliphatic heterocycles. The molecule has 7 nitrogen and oxygen atoms in total. The number of carbonyl (C=O) groups excluding carboxylic acids is 2. The maximum atomic E-state index is 10.6. The summed E-state index contributed by atoms with van der Waals surface area (Å²) in [5.74, 6) is -0.978. The van der Waals surface area contributed by atoms with Crippen LogP contribution in [0.15, 0.2) is 30.5 Å². The van der Waals surface area contributed by atoms with Gasteiger partial charge in [-0.15, -0.1) is 0 Å². The van der Waals surface area contributed by atoms with Gasteiger partial charge in [-0.1, -0.05) is 18.3 Å². The van der Waals surface area contributed by atoms with Crippen LogP contribution < -0.4 is 0 Å². The van der Waals surface area contributed by atoms with Gasteiger partial charge in [0, 0.05) is 12.2 Å². The first-order valence-corrected chi connectivity index (χ1v) is 5.79. The second-order valence-corrected chi connectivity index (χ2v) is 3.40. The van der Waals surface area contributed by atoms with Crippen molar-refractivity contribution in [3.8, 4) is 0 Å². The summed E-state index contributed by atoms with van der Waals surface area (Å²) in [7, 11) is 0. The van der Waals surface area contributed by atoms with E-state index in [2.05, 4.69) is 27.8 Å². The van der Waals surface area contributed by atoms with Gasteiger partial charge in [-0.3, -0.25) is 0 Å². The Balaban J connectivity index is 0. The number of nitrogens with zero attached hydrogens (tertiary/aromatic N) is 1. The van der Waals surface area contributed by atoms with E-state index in [0.29, 0.717) is 5.71 Å². The summed E-state index contributed by atoms with van der Waals surface area (Å²) in [6.07, 6.45) is 2.15. The van der Waals surface area contributed by atoms with Crippen molar-refractivity contribution in [1.29, 1.82) is 0 Å². The van der Waals surface area contributed by atoms with Crippen LogP contribution in [0.3, 0.4) is 0 Å². The Labute approximate surface area is 118 Å². The molecule has 0 saturated heterocycles. The quantitative estimate of drug-likeness (QED) is 0.181. The van der Waals surface area contributed by atoms with E-state index < -0.39 is 11.9 Å². The monoisotopic (exact) mass is 287 g/mol. The van der Waals surface area contributed by atoms with Gasteiger partial charge in [0.1, 0.15) is 13.2 Å². The molecule has 114 valence electrons. The standard InChI is InChI=1S/C10H14O5.C3H7NO/c1-3-9(11)14-7-5-13-6-8-15-10(12)4-2;1-3(2)4-5/h3-4H,1-2,5-8H2;5H,1-2H3. The van der Waals surface area contributed by atoms with Crippen LogP contribution in [0.2, 0.25) is 0 Å². The third-order valence-corrected chi connectivity index (χ3v) is 1.48. The summed E-state index contributed by atoms with van der Waals surface area (Å²) in [6, 6.07) is 0. The number of carbonyl (C=O) groups is 2. The Morgan fingerprint density at radius 1 is 1.00 bits per heavy atom. The predicted molar refractivity (Wildman–Crippen MR) is 73.7 cm³/mol. The summed E-state index contributed by atoms with van der Waals surface area (Å²) < 4.78 is 14.3. The molecule has 0 aromatic rings. The summed E-state index contributed by atoms with van der Waals surface area (Å²) in [5, 5.41) is 10.5. The highest BCUT2D eigenvalue weighted by atomic mass is 16.6. The van der Waals surface area contributed by atoms with E-state index >= 15 is 0 Å². The first-order valence-electron chi connectivity index (χ1n) is 5.79. The number of ether oxygens (including phenoxy) is 3. The van der Waals surface area contributed by atoms with E-state index in [1.54, 1.807) is 13.8 Å². The molecular formula is C13H21NO6. The van der Waals surface area contributed by atoms with E-state index in [1.807, 2.05) is 0 Å². The largest absolute Gasteiger partial charge is 0.460 e. The van der Waals surface area contributed by atoms with Gasteiger partial charge in [0.2, 0.25) is 0 Å². The Morgan fingerprint density at radius 2 is 1.35 bits per heavy atom. The third-order valence-electron chi connectivity index (χ3n) is 1.48. The molecule has 0 aromatic heterocycles. The van der Waals surface area contributed by atoms with Crippen molar-refractivity contribution in [2.75, 3.05) is 26.4 Å². The molecule has 0 spiro atoms. The Morgan fingerprint density at radius 3 is 1.60 bits per heavy atom. The minimum absolute atomic E-state index is 0.153. The van der Waals surface area contributed by atoms with Gasteiger partial charge in [-0.2, -0.15) is 0 Å². The highest BCUT2D eigenvalue weighted by Gasteiger charge is 1.96. The van der Waals surface area contributed by atoms with Gasteiger partial charge >= 0.3 is 11.9 Å². The Hall–Kier alpha value is -2.15. The minimum Gasteiger partial charge on any atom is -0.460 e. The lowest BCUT2D eigenvalue weighted by molar-refractivity contribution is -0.140. The zero-order valence-corrected chi connectivity index (χ0v) is 11.8. The van der Waals surface area contributed by atoms with Gasteiger partial charge in [0.05, 0.1) is 18.9 Å². The molecule has 0 aliphatic rings. The maximum Gasteiger partial charge on any atom is 0.330 e. The van der Waals surface area contributed by atoms with Crippen LogP contribution in [-0.2, 0) is 23.8 Å². The Kier molecular flexibility index (Phi) is 15.0. The highest BCUT2D eigenvalue weighted by Crippen LogP contribution is 1.84. The SMILES string of the molecule is C=CC(=O)OCCOCCOC(=O)C=C.CC(C)=NO. The fourth-order valence-corrected chi connectivity index (χ4v) is 0.622. The summed E-state index contributed by atoms with van der Waals surface area (Å²) in [5.41, 5.74) is 0.685. The first-order chi connectivity index (χ1) is 9.47. The second kappa shape index (κ2) is 14.9. The van der Waals surface area contributed by atoms with Crippen molar-refractivity contribution in [3.63, 3.8) is 0 Å². The van der Waals surface area contributed by atoms with Crippen LogP contribution in [0, 0.1) is 0 Å². The van der Waals surface area contributed by atoms with Gasteiger partial charge in [-0.05, 0) is 13.8 Å². The lowest BCUT2D eigenvalue weighted by Crippen LogP contribution is -2.12. The molecule has 0 unspecified atom stereocenters. The van der Waals surface area contributed by atoms with E-state index in [9.17, 15) is 9.59 Å². The number of esters is 2. The molecule has 7 heteroatoms. The lowest BCUT2D eigenvalue weighted by atomic mass is 10.5. The molecule has 1 N–H and O–H groups in total. The van der Waals surface area contributed by atoms with Crippen molar-refractivity contribution < 1.29 is 29.0 Å². The fourth-order valence-electron chi connectivity index (χ4n) is 0.622. The molecule has 0 saturated carbocycles. The van der Waals surface area contributed by atoms with E-state index in [-0.39, 0.29) is 26.4 Å². The average molecular weight is 287 g/mol. The maximum absolute atomic E-state index is 10.6. The molecule has 0 radical (unpaired) electrons. The number of rotatable bonds is 8. The Bertz CT molecular complexity index is 310. The van der Waals surface area contributed by atoms with Crippen LogP contribution in [0.1, 0.15) is 13.8 Å². The van der Waals surface area contributed by atoms with Gasteiger partial charge in [0.25, 0.3) is 0 Å². The molecule has 0 atom stereocenters. The third kappa shape index (κ3) is 18.2. The number of oxime groups is 1. The van der Waals surface area contributed by atoms with Crippen LogP contribution >= 0.6 is 0 Å². The topological polar surface area (TPSA) is 94.4 Å². The number of hydrogen-bond acceptors (Lipinski definition) is 7. The van der Waals surface area contributed by atoms with Crippen molar-refractivity contribution in [2.45, 2.75) is 13.8 Å². The zero-order chi connectivity index (χ0) is 15.8. The molecule has 20 heavy (non-hydrogen) atoms. The minimum atomic E-state index is -0.489. The zero-order valence-electron chi connectivity index (χ0n) is 11.8.